The minimum atomic E-state index is -0.328. The van der Waals surface area contributed by atoms with Gasteiger partial charge in [-0.25, -0.2) is 0 Å². The number of carbonyl (C=O) groups excluding carboxylic acids is 1. The summed E-state index contributed by atoms with van der Waals surface area (Å²) >= 11 is 0. The van der Waals surface area contributed by atoms with E-state index in [0.717, 1.165) is 61.0 Å². The van der Waals surface area contributed by atoms with Crippen molar-refractivity contribution in [2.24, 2.45) is 0 Å². The smallest absolute Gasteiger partial charge is 0.308 e. The summed E-state index contributed by atoms with van der Waals surface area (Å²) in [6.07, 6.45) is 13.0. The van der Waals surface area contributed by atoms with E-state index in [-0.39, 0.29) is 108 Å². The average Bonchev–Trinajstić information content (AvgIpc) is 0.799. The zero-order chi connectivity index (χ0) is 78.8. The van der Waals surface area contributed by atoms with Crippen LogP contribution in [-0.4, -0.2) is 55.2 Å². The van der Waals surface area contributed by atoms with Gasteiger partial charge in [0.25, 0.3) is 0 Å². The number of hydrogen-bond acceptors (Lipinski definition) is 10. The molecule has 1 fully saturated rings. The van der Waals surface area contributed by atoms with Crippen LogP contribution >= 0.6 is 0 Å². The molecule has 0 amide bonds. The molecule has 8 aromatic rings. The van der Waals surface area contributed by atoms with Crippen molar-refractivity contribution in [2.75, 3.05) is 26.4 Å². The summed E-state index contributed by atoms with van der Waals surface area (Å²) in [5, 5.41) is 18.0. The van der Waals surface area contributed by atoms with Gasteiger partial charge in [-0.15, -0.1) is 0 Å². The van der Waals surface area contributed by atoms with Gasteiger partial charge in [0, 0.05) is 6.92 Å². The third-order valence-corrected chi connectivity index (χ3v) is 20.6. The number of rotatable bonds is 31. The zero-order valence-electron chi connectivity index (χ0n) is 69.6. The second kappa shape index (κ2) is 71.7. The van der Waals surface area contributed by atoms with Crippen molar-refractivity contribution in [2.45, 2.75) is 377 Å². The zero-order valence-corrected chi connectivity index (χ0v) is 69.6. The predicted octanol–water partition coefficient (Wildman–Crippen LogP) is 35.2. The topological polar surface area (TPSA) is 122 Å². The van der Waals surface area contributed by atoms with E-state index < -0.39 is 0 Å². The normalized spacial score (nSPS) is 12.7. The molecule has 0 aliphatic heterocycles. The highest BCUT2D eigenvalue weighted by Gasteiger charge is 2.20. The average molecular weight is 1660 g/mol. The molecule has 0 bridgehead atoms. The molecular weight excluding hydrogens is 1470 g/mol. The Morgan fingerprint density at radius 1 is 0.328 bits per heavy atom. The minimum absolute atomic E-state index is 0. The monoisotopic (exact) mass is 1660 g/mol. The number of benzene rings is 8. The van der Waals surface area contributed by atoms with Crippen molar-refractivity contribution in [1.29, 1.82) is 0 Å². The second-order valence-corrected chi connectivity index (χ2v) is 30.0. The fourth-order valence-corrected chi connectivity index (χ4v) is 12.1. The standard InChI is InChI=1S/C29H44O3.C26H36O3.C12H16O2.2C10H14O.C10H14.12CH4/c1-10-22(8)24-11-13-26(14-12-24)32-23(9)30-15-16-31-29-27(20(4)5)17-25(19(2)3)18-28(29)21(6)7;1-4-20(2)22-10-16-26(17-11-22)29-21(3)27-18-19-28-25-14-12-24(13-15-25)23-8-6-5-7-9-23;1-4-9(2)11-5-7-12(8-6-11)14-10(3)13;2*1-3-8(2)9-4-6-10(11)7-5-9;1-3-9(2)10-7-5-4-6-8-10;;;;;;;;;;;;/h11-14,17-23H,10,15-16H2,1-9H3;10-17,20-21,23H,4-9,18-19H2,1-3H3;5-9H,4H2,1-3H3;2*4-8,11H,3H2,1-2H3;4-9H,3H2,1-2H3;12*1H4. The molecule has 0 spiro atoms. The maximum absolute atomic E-state index is 10.7. The molecule has 0 heterocycles. The summed E-state index contributed by atoms with van der Waals surface area (Å²) in [5.74, 6) is 10.3. The Morgan fingerprint density at radius 2 is 0.613 bits per heavy atom. The maximum atomic E-state index is 10.7. The molecule has 10 nitrogen and oxygen atoms in total. The van der Waals surface area contributed by atoms with Gasteiger partial charge in [-0.1, -0.05) is 348 Å². The Kier molecular flexibility index (Phi) is 77.7. The number of phenolic OH excluding ortho intramolecular Hbond substituents is 2. The summed E-state index contributed by atoms with van der Waals surface area (Å²) < 4.78 is 40.5. The molecule has 8 atom stereocenters. The fraction of sp³-hybridized carbons (Fsp3) is 0.550. The molecule has 0 saturated heterocycles. The van der Waals surface area contributed by atoms with Gasteiger partial charge >= 0.3 is 5.97 Å². The highest BCUT2D eigenvalue weighted by Crippen LogP contribution is 2.39. The van der Waals surface area contributed by atoms with Gasteiger partial charge in [-0.2, -0.15) is 0 Å². The SMILES string of the molecule is C.C.C.C.C.C.C.C.C.C.C.C.CCC(C)c1ccc(O)cc1.CCC(C)c1ccc(O)cc1.CCC(C)c1ccc(OC(C)=O)cc1.CCC(C)c1ccc(OC(C)OCCOc2c(C(C)C)cc(C(C)C)cc2C(C)C)cc1.CCC(C)c1ccc(OC(C)OCCOc2ccc(C3CCCCC3)cc2)cc1.CCC(C)c1ccccc1. The Balaban J connectivity index is -0.000000181. The lowest BCUT2D eigenvalue weighted by Crippen LogP contribution is -2.20. The van der Waals surface area contributed by atoms with E-state index in [1.807, 2.05) is 86.6 Å². The highest BCUT2D eigenvalue weighted by molar-refractivity contribution is 5.69. The Morgan fingerprint density at radius 3 is 0.908 bits per heavy atom. The molecule has 1 saturated carbocycles. The molecule has 1 aliphatic rings. The molecule has 1 aliphatic carbocycles. The number of hydrogen-bond donors (Lipinski definition) is 2. The van der Waals surface area contributed by atoms with Crippen LogP contribution in [0.15, 0.2) is 188 Å². The van der Waals surface area contributed by atoms with E-state index >= 15 is 0 Å². The summed E-state index contributed by atoms with van der Waals surface area (Å²) in [4.78, 5) is 10.7. The lowest BCUT2D eigenvalue weighted by Gasteiger charge is -2.23. The van der Waals surface area contributed by atoms with Gasteiger partial charge in [0.2, 0.25) is 0 Å². The van der Waals surface area contributed by atoms with Crippen LogP contribution in [0, 0.1) is 0 Å². The van der Waals surface area contributed by atoms with Crippen LogP contribution in [-0.2, 0) is 14.3 Å². The van der Waals surface area contributed by atoms with E-state index in [2.05, 4.69) is 216 Å². The second-order valence-electron chi connectivity index (χ2n) is 30.0. The Bertz CT molecular complexity index is 3520. The third-order valence-electron chi connectivity index (χ3n) is 20.6. The van der Waals surface area contributed by atoms with E-state index in [0.29, 0.717) is 96.9 Å². The van der Waals surface area contributed by atoms with E-state index in [1.54, 1.807) is 24.3 Å². The predicted molar refractivity (Wildman–Crippen MR) is 530 cm³/mol. The summed E-state index contributed by atoms with van der Waals surface area (Å²) in [6, 6.07) is 63.1. The molecule has 0 aromatic heterocycles. The van der Waals surface area contributed by atoms with Gasteiger partial charge in [-0.3, -0.25) is 4.79 Å². The molecule has 0 radical (unpaired) electrons. The molecule has 8 unspecified atom stereocenters. The molecule has 9 rings (SSSR count). The van der Waals surface area contributed by atoms with Crippen molar-refractivity contribution in [3.8, 4) is 40.2 Å². The number of phenols is 2. The van der Waals surface area contributed by atoms with Gasteiger partial charge in [-0.05, 0) is 253 Å². The lowest BCUT2D eigenvalue weighted by molar-refractivity contribution is -0.131. The quantitative estimate of drug-likeness (QED) is 0.0188. The first kappa shape index (κ1) is 129. The summed E-state index contributed by atoms with van der Waals surface area (Å²) in [7, 11) is 0. The summed E-state index contributed by atoms with van der Waals surface area (Å²) in [5.41, 5.74) is 13.4. The van der Waals surface area contributed by atoms with Crippen LogP contribution in [0.3, 0.4) is 0 Å². The molecule has 119 heavy (non-hydrogen) atoms. The third kappa shape index (κ3) is 48.9. The van der Waals surface area contributed by atoms with Crippen LogP contribution in [0.4, 0.5) is 0 Å². The Labute approximate surface area is 737 Å². The van der Waals surface area contributed by atoms with E-state index in [4.69, 9.17) is 43.4 Å². The molecular formula is C109H186O10. The van der Waals surface area contributed by atoms with Crippen LogP contribution in [0.1, 0.15) is 420 Å². The van der Waals surface area contributed by atoms with Crippen LogP contribution in [0.2, 0.25) is 0 Å². The van der Waals surface area contributed by atoms with Gasteiger partial charge in [0.15, 0.2) is 12.6 Å². The fourth-order valence-electron chi connectivity index (χ4n) is 12.1. The highest BCUT2D eigenvalue weighted by atomic mass is 16.7. The summed E-state index contributed by atoms with van der Waals surface area (Å²) in [6.45, 7) is 47.1. The molecule has 682 valence electrons. The molecule has 2 N–H and O–H groups in total. The number of ether oxygens (including phenoxy) is 7. The molecule has 8 aromatic carbocycles. The van der Waals surface area contributed by atoms with Gasteiger partial charge in [0.1, 0.15) is 53.5 Å². The first-order valence-electron chi connectivity index (χ1n) is 40.4. The largest absolute Gasteiger partial charge is 0.508 e. The number of carbonyl (C=O) groups is 1. The maximum Gasteiger partial charge on any atom is 0.308 e. The Hall–Kier alpha value is -8.05. The van der Waals surface area contributed by atoms with Crippen LogP contribution < -0.4 is 23.7 Å². The lowest BCUT2D eigenvalue weighted by atomic mass is 9.84. The van der Waals surface area contributed by atoms with Crippen molar-refractivity contribution in [3.63, 3.8) is 0 Å². The van der Waals surface area contributed by atoms with E-state index in [9.17, 15) is 4.79 Å². The van der Waals surface area contributed by atoms with Crippen LogP contribution in [0.25, 0.3) is 0 Å². The van der Waals surface area contributed by atoms with Crippen molar-refractivity contribution < 1.29 is 48.2 Å². The van der Waals surface area contributed by atoms with Crippen molar-refractivity contribution in [3.05, 3.63) is 244 Å². The van der Waals surface area contributed by atoms with Gasteiger partial charge < -0.3 is 43.4 Å². The minimum Gasteiger partial charge on any atom is -0.508 e. The van der Waals surface area contributed by atoms with Crippen LogP contribution in [0.5, 0.6) is 40.2 Å². The number of esters is 1. The van der Waals surface area contributed by atoms with E-state index in [1.165, 1.54) is 101 Å². The molecule has 10 heteroatoms. The number of aromatic hydroxyl groups is 2. The van der Waals surface area contributed by atoms with Gasteiger partial charge in [0.05, 0.1) is 13.2 Å². The van der Waals surface area contributed by atoms with Crippen molar-refractivity contribution >= 4 is 5.97 Å². The first-order chi connectivity index (χ1) is 51.2. The van der Waals surface area contributed by atoms with Crippen molar-refractivity contribution in [1.82, 2.24) is 0 Å². The first-order valence-corrected chi connectivity index (χ1v) is 40.4.